The average molecular weight is 279 g/mol. The Morgan fingerprint density at radius 3 is 3.05 bits per heavy atom. The van der Waals surface area contributed by atoms with Crippen LogP contribution in [0.1, 0.15) is 38.2 Å². The molecular weight excluding hydrogens is 254 g/mol. The molecule has 0 aliphatic carbocycles. The highest BCUT2D eigenvalue weighted by Gasteiger charge is 2.12. The van der Waals surface area contributed by atoms with Crippen molar-refractivity contribution >= 4 is 0 Å². The van der Waals surface area contributed by atoms with Gasteiger partial charge in [-0.15, -0.1) is 0 Å². The van der Waals surface area contributed by atoms with Crippen LogP contribution < -0.4 is 10.1 Å². The van der Waals surface area contributed by atoms with Crippen molar-refractivity contribution in [3.63, 3.8) is 0 Å². The molecule has 112 valence electrons. The van der Waals surface area contributed by atoms with Crippen molar-refractivity contribution in [2.24, 2.45) is 0 Å². The predicted molar refractivity (Wildman–Crippen MR) is 79.2 cm³/mol. The van der Waals surface area contributed by atoms with Gasteiger partial charge in [-0.2, -0.15) is 0 Å². The Labute approximate surface area is 121 Å². The molecule has 1 saturated heterocycles. The smallest absolute Gasteiger partial charge is 0.161 e. The highest BCUT2D eigenvalue weighted by atomic mass is 16.5. The van der Waals surface area contributed by atoms with Crippen molar-refractivity contribution in [3.05, 3.63) is 23.8 Å². The zero-order valence-corrected chi connectivity index (χ0v) is 12.2. The number of phenolic OH excluding ortho intramolecular Hbond substituents is 1. The van der Waals surface area contributed by atoms with Crippen molar-refractivity contribution in [2.75, 3.05) is 19.8 Å². The SMILES string of the molecule is CCOc1cc(CNCCC2CCCCO2)ccc1O. The molecule has 1 atom stereocenters. The second kappa shape index (κ2) is 8.12. The van der Waals surface area contributed by atoms with E-state index < -0.39 is 0 Å². The fourth-order valence-electron chi connectivity index (χ4n) is 2.47. The van der Waals surface area contributed by atoms with E-state index >= 15 is 0 Å². The molecule has 0 spiro atoms. The molecular formula is C16H25NO3. The molecule has 4 nitrogen and oxygen atoms in total. The third kappa shape index (κ3) is 4.69. The molecule has 2 rings (SSSR count). The average Bonchev–Trinajstić information content (AvgIpc) is 2.48. The summed E-state index contributed by atoms with van der Waals surface area (Å²) < 4.78 is 11.1. The van der Waals surface area contributed by atoms with Gasteiger partial charge in [0.25, 0.3) is 0 Å². The summed E-state index contributed by atoms with van der Waals surface area (Å²) in [6.07, 6.45) is 5.18. The minimum Gasteiger partial charge on any atom is -0.504 e. The molecule has 1 heterocycles. The monoisotopic (exact) mass is 279 g/mol. The Balaban J connectivity index is 1.71. The van der Waals surface area contributed by atoms with E-state index in [9.17, 15) is 5.11 Å². The Bertz CT molecular complexity index is 403. The molecule has 1 aromatic carbocycles. The first-order chi connectivity index (χ1) is 9.79. The maximum absolute atomic E-state index is 9.65. The molecule has 0 bridgehead atoms. The Morgan fingerprint density at radius 1 is 1.40 bits per heavy atom. The summed E-state index contributed by atoms with van der Waals surface area (Å²) >= 11 is 0. The van der Waals surface area contributed by atoms with Crippen LogP contribution in [0.4, 0.5) is 0 Å². The van der Waals surface area contributed by atoms with Gasteiger partial charge in [0.15, 0.2) is 11.5 Å². The number of phenols is 1. The second-order valence-corrected chi connectivity index (χ2v) is 5.19. The van der Waals surface area contributed by atoms with E-state index in [0.29, 0.717) is 18.5 Å². The van der Waals surface area contributed by atoms with Gasteiger partial charge in [0.1, 0.15) is 0 Å². The van der Waals surface area contributed by atoms with Gasteiger partial charge in [0.2, 0.25) is 0 Å². The van der Waals surface area contributed by atoms with Gasteiger partial charge in [-0.25, -0.2) is 0 Å². The molecule has 4 heteroatoms. The molecule has 1 aliphatic rings. The fourth-order valence-corrected chi connectivity index (χ4v) is 2.47. The maximum atomic E-state index is 9.65. The normalized spacial score (nSPS) is 18.9. The Hall–Kier alpha value is -1.26. The number of benzene rings is 1. The molecule has 0 radical (unpaired) electrons. The van der Waals surface area contributed by atoms with Gasteiger partial charge >= 0.3 is 0 Å². The van der Waals surface area contributed by atoms with Gasteiger partial charge in [0, 0.05) is 13.2 Å². The largest absolute Gasteiger partial charge is 0.504 e. The minimum atomic E-state index is 0.200. The maximum Gasteiger partial charge on any atom is 0.161 e. The van der Waals surface area contributed by atoms with Crippen molar-refractivity contribution in [1.82, 2.24) is 5.32 Å². The summed E-state index contributed by atoms with van der Waals surface area (Å²) in [5, 5.41) is 13.1. The number of aromatic hydroxyl groups is 1. The lowest BCUT2D eigenvalue weighted by Gasteiger charge is -2.22. The van der Waals surface area contributed by atoms with Crippen LogP contribution in [0, 0.1) is 0 Å². The Morgan fingerprint density at radius 2 is 2.30 bits per heavy atom. The van der Waals surface area contributed by atoms with Gasteiger partial charge in [-0.1, -0.05) is 6.07 Å². The van der Waals surface area contributed by atoms with E-state index in [4.69, 9.17) is 9.47 Å². The highest BCUT2D eigenvalue weighted by Crippen LogP contribution is 2.26. The number of rotatable bonds is 7. The highest BCUT2D eigenvalue weighted by molar-refractivity contribution is 5.41. The first kappa shape index (κ1) is 15.1. The molecule has 20 heavy (non-hydrogen) atoms. The van der Waals surface area contributed by atoms with Crippen LogP contribution in [0.5, 0.6) is 11.5 Å². The van der Waals surface area contributed by atoms with Gasteiger partial charge in [-0.05, 0) is 56.8 Å². The zero-order chi connectivity index (χ0) is 14.2. The summed E-state index contributed by atoms with van der Waals surface area (Å²) in [6.45, 7) is 5.13. The summed E-state index contributed by atoms with van der Waals surface area (Å²) in [5.41, 5.74) is 1.12. The summed E-state index contributed by atoms with van der Waals surface area (Å²) in [4.78, 5) is 0. The van der Waals surface area contributed by atoms with E-state index in [0.717, 1.165) is 31.7 Å². The third-order valence-corrected chi connectivity index (χ3v) is 3.57. The van der Waals surface area contributed by atoms with Crippen molar-refractivity contribution in [2.45, 2.75) is 45.3 Å². The van der Waals surface area contributed by atoms with Crippen LogP contribution in [-0.2, 0) is 11.3 Å². The molecule has 0 amide bonds. The van der Waals surface area contributed by atoms with E-state index in [-0.39, 0.29) is 5.75 Å². The van der Waals surface area contributed by atoms with Crippen molar-refractivity contribution in [1.29, 1.82) is 0 Å². The van der Waals surface area contributed by atoms with Crippen LogP contribution in [0.25, 0.3) is 0 Å². The number of ether oxygens (including phenoxy) is 2. The van der Waals surface area contributed by atoms with Crippen LogP contribution in [0.15, 0.2) is 18.2 Å². The molecule has 1 aliphatic heterocycles. The molecule has 1 unspecified atom stereocenters. The molecule has 0 aromatic heterocycles. The predicted octanol–water partition coefficient (Wildman–Crippen LogP) is 2.84. The summed E-state index contributed by atoms with van der Waals surface area (Å²) in [7, 11) is 0. The van der Waals surface area contributed by atoms with E-state index in [1.165, 1.54) is 19.3 Å². The van der Waals surface area contributed by atoms with Crippen LogP contribution in [0.3, 0.4) is 0 Å². The standard InChI is InChI=1S/C16H25NO3/c1-2-19-16-11-13(6-7-15(16)18)12-17-9-8-14-5-3-4-10-20-14/h6-7,11,14,17-18H,2-5,8-10,12H2,1H3. The molecule has 0 saturated carbocycles. The fraction of sp³-hybridized carbons (Fsp3) is 0.625. The first-order valence-corrected chi connectivity index (χ1v) is 7.56. The van der Waals surface area contributed by atoms with E-state index in [2.05, 4.69) is 5.32 Å². The number of nitrogens with one attached hydrogen (secondary N) is 1. The molecule has 1 aromatic rings. The lowest BCUT2D eigenvalue weighted by molar-refractivity contribution is 0.0115. The second-order valence-electron chi connectivity index (χ2n) is 5.19. The van der Waals surface area contributed by atoms with E-state index in [1.807, 2.05) is 19.1 Å². The van der Waals surface area contributed by atoms with Gasteiger partial charge < -0.3 is 19.9 Å². The van der Waals surface area contributed by atoms with Crippen LogP contribution >= 0.6 is 0 Å². The van der Waals surface area contributed by atoms with E-state index in [1.54, 1.807) is 6.07 Å². The third-order valence-electron chi connectivity index (χ3n) is 3.57. The van der Waals surface area contributed by atoms with Crippen LogP contribution in [0.2, 0.25) is 0 Å². The lowest BCUT2D eigenvalue weighted by Crippen LogP contribution is -2.25. The Kier molecular flexibility index (Phi) is 6.15. The summed E-state index contributed by atoms with van der Waals surface area (Å²) in [5.74, 6) is 0.758. The van der Waals surface area contributed by atoms with Gasteiger partial charge in [-0.3, -0.25) is 0 Å². The zero-order valence-electron chi connectivity index (χ0n) is 12.2. The topological polar surface area (TPSA) is 50.7 Å². The van der Waals surface area contributed by atoms with Gasteiger partial charge in [0.05, 0.1) is 12.7 Å². The molecule has 2 N–H and O–H groups in total. The van der Waals surface area contributed by atoms with Crippen molar-refractivity contribution in [3.8, 4) is 11.5 Å². The quantitative estimate of drug-likeness (QED) is 0.754. The van der Waals surface area contributed by atoms with Crippen molar-refractivity contribution < 1.29 is 14.6 Å². The molecule has 1 fully saturated rings. The summed E-state index contributed by atoms with van der Waals surface area (Å²) in [6, 6.07) is 5.50. The lowest BCUT2D eigenvalue weighted by atomic mass is 10.1. The first-order valence-electron chi connectivity index (χ1n) is 7.56. The number of hydrogen-bond donors (Lipinski definition) is 2. The van der Waals surface area contributed by atoms with Crippen LogP contribution in [-0.4, -0.2) is 31.0 Å². The number of hydrogen-bond acceptors (Lipinski definition) is 4. The minimum absolute atomic E-state index is 0.200.